The van der Waals surface area contributed by atoms with Crippen LogP contribution >= 0.6 is 12.4 Å². The van der Waals surface area contributed by atoms with Crippen LogP contribution in [-0.2, 0) is 10.0 Å². The molecule has 1 atom stereocenters. The number of benzene rings is 1. The van der Waals surface area contributed by atoms with Crippen molar-refractivity contribution in [3.8, 4) is 0 Å². The minimum atomic E-state index is -3.36. The van der Waals surface area contributed by atoms with E-state index in [4.69, 9.17) is 0 Å². The molecule has 25 heavy (non-hydrogen) atoms. The molecule has 0 amide bonds. The third kappa shape index (κ3) is 4.97. The van der Waals surface area contributed by atoms with E-state index >= 15 is 0 Å². The highest BCUT2D eigenvalue weighted by Gasteiger charge is 2.30. The molecule has 2 aliphatic rings. The van der Waals surface area contributed by atoms with Crippen molar-refractivity contribution in [2.45, 2.75) is 55.8 Å². The van der Waals surface area contributed by atoms with E-state index in [0.717, 1.165) is 19.4 Å². The molecule has 0 aromatic heterocycles. The van der Waals surface area contributed by atoms with E-state index in [1.54, 1.807) is 4.31 Å². The lowest BCUT2D eigenvalue weighted by Crippen LogP contribution is -2.42. The van der Waals surface area contributed by atoms with E-state index in [9.17, 15) is 8.42 Å². The molecule has 1 aliphatic heterocycles. The molecule has 3 rings (SSSR count). The van der Waals surface area contributed by atoms with Gasteiger partial charge in [0.2, 0.25) is 10.0 Å². The van der Waals surface area contributed by atoms with Crippen molar-refractivity contribution < 1.29 is 8.42 Å². The Labute approximate surface area is 158 Å². The summed E-state index contributed by atoms with van der Waals surface area (Å²) in [4.78, 5) is 0.451. The Bertz CT molecular complexity index is 625. The monoisotopic (exact) mass is 386 g/mol. The standard InChI is InChI=1S/C19H30N2O2S.ClH/c1-20-14-16-6-5-13-21(15-16)24(22,23)19-11-9-18(10-12-19)17-7-3-2-4-8-17;/h9-12,16-17,20H,2-8,13-15H2,1H3;1H. The average Bonchev–Trinajstić information content (AvgIpc) is 2.63. The first-order chi connectivity index (χ1) is 11.6. The highest BCUT2D eigenvalue weighted by Crippen LogP contribution is 2.33. The summed E-state index contributed by atoms with van der Waals surface area (Å²) in [5.41, 5.74) is 1.31. The van der Waals surface area contributed by atoms with Gasteiger partial charge in [-0.1, -0.05) is 31.4 Å². The largest absolute Gasteiger partial charge is 0.319 e. The molecule has 2 fully saturated rings. The van der Waals surface area contributed by atoms with Gasteiger partial charge in [-0.3, -0.25) is 0 Å². The van der Waals surface area contributed by atoms with Gasteiger partial charge in [-0.05, 0) is 68.8 Å². The minimum absolute atomic E-state index is 0. The summed E-state index contributed by atoms with van der Waals surface area (Å²) in [6.45, 7) is 2.16. The Morgan fingerprint density at radius 2 is 1.72 bits per heavy atom. The predicted molar refractivity (Wildman–Crippen MR) is 105 cm³/mol. The quantitative estimate of drug-likeness (QED) is 0.837. The zero-order valence-electron chi connectivity index (χ0n) is 15.1. The fourth-order valence-corrected chi connectivity index (χ4v) is 5.75. The van der Waals surface area contributed by atoms with Crippen LogP contribution in [0.15, 0.2) is 29.2 Å². The van der Waals surface area contributed by atoms with Crippen LogP contribution in [0.4, 0.5) is 0 Å². The maximum atomic E-state index is 12.9. The third-order valence-electron chi connectivity index (χ3n) is 5.57. The molecule has 0 spiro atoms. The highest BCUT2D eigenvalue weighted by atomic mass is 35.5. The van der Waals surface area contributed by atoms with Crippen molar-refractivity contribution in [1.82, 2.24) is 9.62 Å². The van der Waals surface area contributed by atoms with E-state index in [2.05, 4.69) is 5.32 Å². The molecule has 1 N–H and O–H groups in total. The van der Waals surface area contributed by atoms with Crippen LogP contribution in [0.2, 0.25) is 0 Å². The molecule has 6 heteroatoms. The molecule has 1 heterocycles. The number of hydrogen-bond acceptors (Lipinski definition) is 3. The Balaban J connectivity index is 0.00000225. The molecular formula is C19H31ClN2O2S. The maximum Gasteiger partial charge on any atom is 0.243 e. The van der Waals surface area contributed by atoms with Gasteiger partial charge in [0.25, 0.3) is 0 Å². The molecule has 1 unspecified atom stereocenters. The molecule has 1 saturated carbocycles. The van der Waals surface area contributed by atoms with Gasteiger partial charge in [0.05, 0.1) is 4.90 Å². The summed E-state index contributed by atoms with van der Waals surface area (Å²) in [6.07, 6.45) is 8.47. The van der Waals surface area contributed by atoms with E-state index in [1.807, 2.05) is 31.3 Å². The van der Waals surface area contributed by atoms with Gasteiger partial charge >= 0.3 is 0 Å². The lowest BCUT2D eigenvalue weighted by atomic mass is 9.84. The molecule has 0 radical (unpaired) electrons. The Kier molecular flexibility index (Phi) is 7.74. The van der Waals surface area contributed by atoms with Crippen LogP contribution in [0.5, 0.6) is 0 Å². The summed E-state index contributed by atoms with van der Waals surface area (Å²) in [5.74, 6) is 1.03. The Hall–Kier alpha value is -0.620. The predicted octanol–water partition coefficient (Wildman–Crippen LogP) is 3.78. The van der Waals surface area contributed by atoms with Crippen molar-refractivity contribution >= 4 is 22.4 Å². The number of nitrogens with one attached hydrogen (secondary N) is 1. The smallest absolute Gasteiger partial charge is 0.243 e. The van der Waals surface area contributed by atoms with Gasteiger partial charge in [-0.25, -0.2) is 8.42 Å². The van der Waals surface area contributed by atoms with Crippen molar-refractivity contribution in [2.24, 2.45) is 5.92 Å². The molecule has 1 aromatic rings. The van der Waals surface area contributed by atoms with Crippen LogP contribution < -0.4 is 5.32 Å². The van der Waals surface area contributed by atoms with Crippen LogP contribution in [0.3, 0.4) is 0 Å². The molecular weight excluding hydrogens is 356 g/mol. The first kappa shape index (κ1) is 20.7. The lowest BCUT2D eigenvalue weighted by molar-refractivity contribution is 0.263. The molecule has 1 saturated heterocycles. The summed E-state index contributed by atoms with van der Waals surface area (Å²) >= 11 is 0. The van der Waals surface area contributed by atoms with E-state index in [-0.39, 0.29) is 12.4 Å². The van der Waals surface area contributed by atoms with Crippen molar-refractivity contribution in [3.63, 3.8) is 0 Å². The van der Waals surface area contributed by atoms with Crippen LogP contribution in [0.25, 0.3) is 0 Å². The fourth-order valence-electron chi connectivity index (χ4n) is 4.20. The van der Waals surface area contributed by atoms with Crippen molar-refractivity contribution in [1.29, 1.82) is 0 Å². The Morgan fingerprint density at radius 1 is 1.04 bits per heavy atom. The summed E-state index contributed by atoms with van der Waals surface area (Å²) < 4.78 is 27.5. The summed E-state index contributed by atoms with van der Waals surface area (Å²) in [6, 6.07) is 7.72. The molecule has 0 bridgehead atoms. The van der Waals surface area contributed by atoms with E-state index in [1.165, 1.54) is 37.7 Å². The lowest BCUT2D eigenvalue weighted by Gasteiger charge is -2.32. The minimum Gasteiger partial charge on any atom is -0.319 e. The second-order valence-corrected chi connectivity index (χ2v) is 9.27. The van der Waals surface area contributed by atoms with Crippen LogP contribution in [-0.4, -0.2) is 39.4 Å². The average molecular weight is 387 g/mol. The number of sulfonamides is 1. The SMILES string of the molecule is CNCC1CCCN(S(=O)(=O)c2ccc(C3CCCCC3)cc2)C1.Cl. The highest BCUT2D eigenvalue weighted by molar-refractivity contribution is 7.89. The molecule has 142 valence electrons. The van der Waals surface area contributed by atoms with Gasteiger partial charge in [0.15, 0.2) is 0 Å². The molecule has 1 aromatic carbocycles. The normalized spacial score (nSPS) is 23.2. The van der Waals surface area contributed by atoms with Gasteiger partial charge < -0.3 is 5.32 Å². The van der Waals surface area contributed by atoms with Gasteiger partial charge in [0.1, 0.15) is 0 Å². The summed E-state index contributed by atoms with van der Waals surface area (Å²) in [5, 5.41) is 3.17. The number of rotatable bonds is 5. The maximum absolute atomic E-state index is 12.9. The first-order valence-corrected chi connectivity index (χ1v) is 10.8. The topological polar surface area (TPSA) is 49.4 Å². The van der Waals surface area contributed by atoms with Crippen molar-refractivity contribution in [3.05, 3.63) is 29.8 Å². The van der Waals surface area contributed by atoms with Gasteiger partial charge in [-0.15, -0.1) is 12.4 Å². The number of halogens is 1. The molecule has 1 aliphatic carbocycles. The van der Waals surface area contributed by atoms with Crippen molar-refractivity contribution in [2.75, 3.05) is 26.7 Å². The van der Waals surface area contributed by atoms with Crippen LogP contribution in [0, 0.1) is 5.92 Å². The second-order valence-electron chi connectivity index (χ2n) is 7.33. The zero-order valence-corrected chi connectivity index (χ0v) is 16.7. The fraction of sp³-hybridized carbons (Fsp3) is 0.684. The van der Waals surface area contributed by atoms with E-state index in [0.29, 0.717) is 29.8 Å². The number of hydrogen-bond donors (Lipinski definition) is 1. The Morgan fingerprint density at radius 3 is 2.36 bits per heavy atom. The van der Waals surface area contributed by atoms with E-state index < -0.39 is 10.0 Å². The third-order valence-corrected chi connectivity index (χ3v) is 7.45. The zero-order chi connectivity index (χ0) is 17.0. The number of piperidine rings is 1. The first-order valence-electron chi connectivity index (χ1n) is 9.36. The van der Waals surface area contributed by atoms with Gasteiger partial charge in [-0.2, -0.15) is 4.31 Å². The number of nitrogens with zero attached hydrogens (tertiary/aromatic N) is 1. The summed E-state index contributed by atoms with van der Waals surface area (Å²) in [7, 11) is -1.43. The van der Waals surface area contributed by atoms with Crippen LogP contribution in [0.1, 0.15) is 56.4 Å². The molecule has 4 nitrogen and oxygen atoms in total. The van der Waals surface area contributed by atoms with Gasteiger partial charge in [0, 0.05) is 13.1 Å². The second kappa shape index (κ2) is 9.36.